The molecule has 1 aliphatic rings. The van der Waals surface area contributed by atoms with Crippen LogP contribution in [0.15, 0.2) is 0 Å². The Morgan fingerprint density at radius 3 is 1.45 bits per heavy atom. The van der Waals surface area contributed by atoms with Crippen molar-refractivity contribution in [3.63, 3.8) is 0 Å². The predicted molar refractivity (Wildman–Crippen MR) is 56.5 cm³/mol. The van der Waals surface area contributed by atoms with Gasteiger partial charge in [0.05, 0.1) is 0 Å². The molecule has 11 heavy (non-hydrogen) atoms. The first-order valence-electron chi connectivity index (χ1n) is 4.21. The molecule has 0 bridgehead atoms. The summed E-state index contributed by atoms with van der Waals surface area (Å²) in [6, 6.07) is 0. The fourth-order valence-electron chi connectivity index (χ4n) is 2.01. The van der Waals surface area contributed by atoms with Crippen molar-refractivity contribution >= 4 is 11.0 Å². The highest BCUT2D eigenvalue weighted by Crippen LogP contribution is 2.27. The molecule has 0 atom stereocenters. The van der Waals surface area contributed by atoms with Crippen molar-refractivity contribution in [1.82, 2.24) is 5.32 Å². The average Bonchev–Trinajstić information content (AvgIpc) is 1.56. The number of nitrogens with one attached hydrogen (secondary N) is 1. The zero-order valence-corrected chi connectivity index (χ0v) is 7.62. The van der Waals surface area contributed by atoms with Crippen LogP contribution >= 0.6 is 0 Å². The van der Waals surface area contributed by atoms with Crippen LogP contribution in [0.5, 0.6) is 0 Å². The molecule has 0 radical (unpaired) electrons. The summed E-state index contributed by atoms with van der Waals surface area (Å²) >= 11 is 0. The van der Waals surface area contributed by atoms with Gasteiger partial charge in [-0.15, -0.1) is 0 Å². The Kier molecular flexibility index (Phi) is 3.33. The minimum Gasteiger partial charge on any atom is -0.307 e. The summed E-state index contributed by atoms with van der Waals surface area (Å²) in [6.45, 7) is 9.14. The second-order valence-electron chi connectivity index (χ2n) is 4.75. The van der Waals surface area contributed by atoms with Gasteiger partial charge in [-0.3, -0.25) is 0 Å². The van der Waals surface area contributed by atoms with Crippen LogP contribution in [0.4, 0.5) is 0 Å². The highest BCUT2D eigenvalue weighted by Gasteiger charge is 2.31. The van der Waals surface area contributed by atoms with E-state index in [1.165, 1.54) is 19.3 Å². The molecule has 1 N–H and O–H groups in total. The summed E-state index contributed by atoms with van der Waals surface area (Å²) in [5, 5.41) is 3.63. The summed E-state index contributed by atoms with van der Waals surface area (Å²) in [4.78, 5) is 0. The molecule has 0 aromatic heterocycles. The van der Waals surface area contributed by atoms with Crippen molar-refractivity contribution in [2.75, 3.05) is 0 Å². The Morgan fingerprint density at radius 2 is 1.27 bits per heavy atom. The van der Waals surface area contributed by atoms with Crippen molar-refractivity contribution in [2.24, 2.45) is 0 Å². The van der Waals surface area contributed by atoms with Crippen LogP contribution in [0.3, 0.4) is 0 Å². The minimum atomic E-state index is 0. The molecule has 1 heterocycles. The molecule has 0 spiro atoms. The van der Waals surface area contributed by atoms with Crippen molar-refractivity contribution in [1.29, 1.82) is 0 Å². The minimum absolute atomic E-state index is 0. The third-order valence-corrected chi connectivity index (χ3v) is 2.28. The second kappa shape index (κ2) is 3.28. The van der Waals surface area contributed by atoms with E-state index in [9.17, 15) is 0 Å². The Hall–Kier alpha value is 0.177. The lowest BCUT2D eigenvalue weighted by Gasteiger charge is -2.42. The summed E-state index contributed by atoms with van der Waals surface area (Å²) < 4.78 is 0. The summed E-state index contributed by atoms with van der Waals surface area (Å²) in [7, 11) is 0. The van der Waals surface area contributed by atoms with Crippen LogP contribution in [-0.4, -0.2) is 22.0 Å². The fraction of sp³-hybridized carbons (Fsp3) is 1.00. The number of piperidine rings is 1. The molecule has 1 saturated heterocycles. The van der Waals surface area contributed by atoms with Crippen molar-refractivity contribution in [3.05, 3.63) is 0 Å². The zero-order chi connectivity index (χ0) is 7.83. The Labute approximate surface area is 75.0 Å². The third kappa shape index (κ3) is 3.39. The van der Waals surface area contributed by atoms with Gasteiger partial charge in [-0.25, -0.2) is 0 Å². The monoisotopic (exact) mass is 173 g/mol. The van der Waals surface area contributed by atoms with Gasteiger partial charge >= 0.3 is 0 Å². The van der Waals surface area contributed by atoms with E-state index in [0.717, 1.165) is 0 Å². The van der Waals surface area contributed by atoms with Gasteiger partial charge in [0.15, 0.2) is 0 Å². The third-order valence-electron chi connectivity index (χ3n) is 2.28. The molecule has 68 valence electrons. The normalized spacial score (nSPS) is 27.3. The van der Waals surface area contributed by atoms with Crippen LogP contribution in [0.1, 0.15) is 47.0 Å². The molecule has 0 aliphatic carbocycles. The molecular formula is C9H23NSi. The van der Waals surface area contributed by atoms with E-state index in [-0.39, 0.29) is 11.0 Å². The topological polar surface area (TPSA) is 12.0 Å². The lowest BCUT2D eigenvalue weighted by atomic mass is 9.83. The van der Waals surface area contributed by atoms with Gasteiger partial charge in [-0.05, 0) is 57.9 Å². The van der Waals surface area contributed by atoms with Crippen LogP contribution in [0.2, 0.25) is 0 Å². The molecule has 0 aromatic rings. The Balaban J connectivity index is 0.000001000. The van der Waals surface area contributed by atoms with E-state index in [2.05, 4.69) is 33.0 Å². The van der Waals surface area contributed by atoms with Gasteiger partial charge in [0.2, 0.25) is 0 Å². The summed E-state index contributed by atoms with van der Waals surface area (Å²) in [5.41, 5.74) is 0.726. The molecule has 0 saturated carbocycles. The first kappa shape index (κ1) is 11.2. The fourth-order valence-corrected chi connectivity index (χ4v) is 2.01. The van der Waals surface area contributed by atoms with E-state index in [1.54, 1.807) is 0 Å². The first-order valence-corrected chi connectivity index (χ1v) is 4.21. The molecule has 1 rings (SSSR count). The van der Waals surface area contributed by atoms with Crippen LogP contribution < -0.4 is 5.32 Å². The molecular weight excluding hydrogens is 150 g/mol. The highest BCUT2D eigenvalue weighted by molar-refractivity contribution is 5.75. The highest BCUT2D eigenvalue weighted by atomic mass is 28.1. The first-order chi connectivity index (χ1) is 4.41. The SMILES string of the molecule is CC1(C)CCCC(C)(C)N1.[SiH4]. The summed E-state index contributed by atoms with van der Waals surface area (Å²) in [6.07, 6.45) is 4.00. The molecule has 2 heteroatoms. The summed E-state index contributed by atoms with van der Waals surface area (Å²) in [5.74, 6) is 0. The van der Waals surface area contributed by atoms with Gasteiger partial charge in [-0.1, -0.05) is 0 Å². The van der Waals surface area contributed by atoms with Gasteiger partial charge in [0.25, 0.3) is 0 Å². The van der Waals surface area contributed by atoms with Crippen LogP contribution in [0.25, 0.3) is 0 Å². The zero-order valence-electron chi connectivity index (χ0n) is 7.62. The largest absolute Gasteiger partial charge is 0.307 e. The second-order valence-corrected chi connectivity index (χ2v) is 4.75. The van der Waals surface area contributed by atoms with Gasteiger partial charge < -0.3 is 5.32 Å². The molecule has 1 aliphatic heterocycles. The Bertz CT molecular complexity index is 116. The average molecular weight is 173 g/mol. The smallest absolute Gasteiger partial charge is 0.0130 e. The van der Waals surface area contributed by atoms with Crippen LogP contribution in [-0.2, 0) is 0 Å². The van der Waals surface area contributed by atoms with Gasteiger partial charge in [0, 0.05) is 11.1 Å². The quantitative estimate of drug-likeness (QED) is 0.536. The van der Waals surface area contributed by atoms with Crippen LogP contribution in [0, 0.1) is 0 Å². The number of rotatable bonds is 0. The number of hydrogen-bond acceptors (Lipinski definition) is 1. The van der Waals surface area contributed by atoms with E-state index >= 15 is 0 Å². The molecule has 1 fully saturated rings. The molecule has 0 unspecified atom stereocenters. The van der Waals surface area contributed by atoms with E-state index in [0.29, 0.717) is 11.1 Å². The van der Waals surface area contributed by atoms with Crippen molar-refractivity contribution in [3.8, 4) is 0 Å². The lowest BCUT2D eigenvalue weighted by Crippen LogP contribution is -2.55. The molecule has 0 amide bonds. The van der Waals surface area contributed by atoms with E-state index < -0.39 is 0 Å². The maximum absolute atomic E-state index is 3.63. The van der Waals surface area contributed by atoms with E-state index in [4.69, 9.17) is 0 Å². The van der Waals surface area contributed by atoms with Crippen molar-refractivity contribution < 1.29 is 0 Å². The lowest BCUT2D eigenvalue weighted by molar-refractivity contribution is 0.183. The van der Waals surface area contributed by atoms with Gasteiger partial charge in [0.1, 0.15) is 0 Å². The standard InChI is InChI=1S/C9H19N.H4Si/c1-8(2)6-5-7-9(3,4)10-8;/h10H,5-7H2,1-4H3;1H4. The van der Waals surface area contributed by atoms with E-state index in [1.807, 2.05) is 0 Å². The van der Waals surface area contributed by atoms with Gasteiger partial charge in [-0.2, -0.15) is 0 Å². The molecule has 0 aromatic carbocycles. The predicted octanol–water partition coefficient (Wildman–Crippen LogP) is 0.865. The maximum atomic E-state index is 3.63. The number of hydrogen-bond donors (Lipinski definition) is 1. The van der Waals surface area contributed by atoms with Crippen molar-refractivity contribution in [2.45, 2.75) is 58.0 Å². The Morgan fingerprint density at radius 1 is 0.909 bits per heavy atom. The molecule has 1 nitrogen and oxygen atoms in total. The maximum Gasteiger partial charge on any atom is 0.0130 e.